The van der Waals surface area contributed by atoms with Crippen LogP contribution in [0, 0.1) is 0 Å². The summed E-state index contributed by atoms with van der Waals surface area (Å²) in [5.74, 6) is -0.407. The predicted octanol–water partition coefficient (Wildman–Crippen LogP) is 3.87. The van der Waals surface area contributed by atoms with Gasteiger partial charge in [0.2, 0.25) is 0 Å². The van der Waals surface area contributed by atoms with Crippen molar-refractivity contribution in [1.82, 2.24) is 4.31 Å². The Morgan fingerprint density at radius 2 is 1.59 bits per heavy atom. The molecule has 1 fully saturated rings. The molecule has 13 heteroatoms. The first kappa shape index (κ1) is 27.6. The molecule has 0 saturated carbocycles. The number of anilines is 1. The third-order valence-corrected chi connectivity index (χ3v) is 11.4. The Balaban J connectivity index is 1.67. The summed E-state index contributed by atoms with van der Waals surface area (Å²) in [6.07, 6.45) is -4.89. The molecule has 1 unspecified atom stereocenters. The molecule has 0 bridgehead atoms. The summed E-state index contributed by atoms with van der Waals surface area (Å²) < 4.78 is 93.9. The Labute approximate surface area is 217 Å². The highest BCUT2D eigenvalue weighted by Crippen LogP contribution is 2.39. The van der Waals surface area contributed by atoms with Gasteiger partial charge in [-0.2, -0.15) is 17.5 Å². The molecule has 0 radical (unpaired) electrons. The van der Waals surface area contributed by atoms with Crippen LogP contribution in [0.15, 0.2) is 81.2 Å². The number of sulfonamides is 1. The molecule has 1 saturated heterocycles. The van der Waals surface area contributed by atoms with Crippen LogP contribution in [0.1, 0.15) is 12.5 Å². The van der Waals surface area contributed by atoms with Gasteiger partial charge >= 0.3 is 6.18 Å². The quantitative estimate of drug-likeness (QED) is 0.461. The van der Waals surface area contributed by atoms with E-state index < -0.39 is 43.4 Å². The van der Waals surface area contributed by atoms with Gasteiger partial charge in [0.25, 0.3) is 10.0 Å². The lowest BCUT2D eigenvalue weighted by Crippen LogP contribution is -2.57. The summed E-state index contributed by atoms with van der Waals surface area (Å²) in [6.45, 7) is 0.707. The number of thiophene rings is 1. The minimum atomic E-state index is -4.89. The highest BCUT2D eigenvalue weighted by molar-refractivity contribution is 7.91. The number of benzene rings is 2. The molecular weight excluding hydrogens is 549 g/mol. The smallest absolute Gasteiger partial charge is 0.376 e. The Morgan fingerprint density at radius 1 is 0.946 bits per heavy atom. The largest absolute Gasteiger partial charge is 0.421 e. The van der Waals surface area contributed by atoms with Crippen molar-refractivity contribution in [2.45, 2.75) is 33.8 Å². The lowest BCUT2D eigenvalue weighted by molar-refractivity contribution is -0.258. The number of hydrogen-bond acceptors (Lipinski definition) is 7. The highest BCUT2D eigenvalue weighted by Gasteiger charge is 2.51. The summed E-state index contributed by atoms with van der Waals surface area (Å²) in [5.41, 5.74) is -3.01. The van der Waals surface area contributed by atoms with E-state index in [9.17, 15) is 35.1 Å². The van der Waals surface area contributed by atoms with E-state index in [1.807, 2.05) is 0 Å². The van der Waals surface area contributed by atoms with Crippen LogP contribution in [-0.2, 0) is 25.5 Å². The van der Waals surface area contributed by atoms with Crippen molar-refractivity contribution in [2.75, 3.05) is 30.3 Å². The number of alkyl halides is 3. The second kappa shape index (κ2) is 10.0. The molecule has 4 rings (SSSR count). The summed E-state index contributed by atoms with van der Waals surface area (Å²) in [7, 11) is -7.67. The number of halogens is 3. The zero-order valence-electron chi connectivity index (χ0n) is 19.7. The van der Waals surface area contributed by atoms with Crippen LogP contribution < -0.4 is 4.90 Å². The molecule has 0 spiro atoms. The van der Waals surface area contributed by atoms with E-state index in [0.717, 1.165) is 23.5 Å². The number of aliphatic hydroxyl groups is 1. The molecule has 37 heavy (non-hydrogen) atoms. The van der Waals surface area contributed by atoms with E-state index in [-0.39, 0.29) is 34.3 Å². The first-order valence-electron chi connectivity index (χ1n) is 11.2. The number of piperazine rings is 1. The van der Waals surface area contributed by atoms with Gasteiger partial charge in [-0.3, -0.25) is 0 Å². The molecule has 1 aromatic heterocycles. The summed E-state index contributed by atoms with van der Waals surface area (Å²) in [4.78, 5) is 1.78. The zero-order chi connectivity index (χ0) is 27.1. The van der Waals surface area contributed by atoms with E-state index in [1.54, 1.807) is 34.5 Å². The first-order valence-corrected chi connectivity index (χ1v) is 15.2. The van der Waals surface area contributed by atoms with E-state index >= 15 is 0 Å². The van der Waals surface area contributed by atoms with Gasteiger partial charge in [0.05, 0.1) is 16.7 Å². The number of rotatable bonds is 7. The van der Waals surface area contributed by atoms with Crippen molar-refractivity contribution in [3.63, 3.8) is 0 Å². The Hall–Kier alpha value is -2.45. The monoisotopic (exact) mass is 574 g/mol. The summed E-state index contributed by atoms with van der Waals surface area (Å²) >= 11 is 1.06. The molecule has 1 N–H and O–H groups in total. The normalized spacial score (nSPS) is 19.5. The average Bonchev–Trinajstić information content (AvgIpc) is 3.40. The third-order valence-electron chi connectivity index (χ3n) is 6.36. The van der Waals surface area contributed by atoms with Gasteiger partial charge in [-0.1, -0.05) is 36.4 Å². The molecule has 7 nitrogen and oxygen atoms in total. The molecule has 1 aliphatic rings. The SMILES string of the molecule is CC(O)(c1ccc(N2CCN(S(=O)(=O)c3cccs3)C[C@@H]2CS(=O)(=O)c2ccccc2)cc1)C(F)(F)F. The minimum absolute atomic E-state index is 0.0597. The van der Waals surface area contributed by atoms with E-state index in [0.29, 0.717) is 12.6 Å². The Bertz CT molecular complexity index is 1420. The summed E-state index contributed by atoms with van der Waals surface area (Å²) in [5, 5.41) is 11.6. The van der Waals surface area contributed by atoms with Gasteiger partial charge in [0.1, 0.15) is 4.21 Å². The van der Waals surface area contributed by atoms with Gasteiger partial charge in [-0.05, 0) is 48.2 Å². The maximum atomic E-state index is 13.3. The second-order valence-electron chi connectivity index (χ2n) is 8.85. The van der Waals surface area contributed by atoms with Crippen LogP contribution in [0.4, 0.5) is 18.9 Å². The zero-order valence-corrected chi connectivity index (χ0v) is 22.1. The minimum Gasteiger partial charge on any atom is -0.376 e. The molecule has 2 atom stereocenters. The van der Waals surface area contributed by atoms with Crippen molar-refractivity contribution in [3.05, 3.63) is 77.7 Å². The number of hydrogen-bond donors (Lipinski definition) is 1. The van der Waals surface area contributed by atoms with Crippen LogP contribution in [-0.4, -0.2) is 63.9 Å². The number of nitrogens with zero attached hydrogens (tertiary/aromatic N) is 2. The lowest BCUT2D eigenvalue weighted by Gasteiger charge is -2.42. The standard InChI is InChI=1S/C24H25F3N2O5S3/c1-23(30,24(25,26)27)18-9-11-19(12-10-18)29-14-13-28(37(33,34)22-8-5-15-35-22)16-20(29)17-36(31,32)21-6-3-2-4-7-21/h2-12,15,20,30H,13-14,16-17H2,1H3/t20-,23?/m1/s1. The van der Waals surface area contributed by atoms with Crippen molar-refractivity contribution in [3.8, 4) is 0 Å². The molecule has 3 aromatic rings. The molecule has 0 aliphatic carbocycles. The highest BCUT2D eigenvalue weighted by atomic mass is 32.2. The van der Waals surface area contributed by atoms with E-state index in [4.69, 9.17) is 0 Å². The molecule has 2 aromatic carbocycles. The van der Waals surface area contributed by atoms with Gasteiger partial charge in [-0.15, -0.1) is 11.3 Å². The van der Waals surface area contributed by atoms with Gasteiger partial charge < -0.3 is 10.0 Å². The Morgan fingerprint density at radius 3 is 2.16 bits per heavy atom. The fourth-order valence-corrected chi connectivity index (χ4v) is 8.35. The fourth-order valence-electron chi connectivity index (χ4n) is 4.18. The van der Waals surface area contributed by atoms with Crippen molar-refractivity contribution < 1.29 is 35.1 Å². The molecule has 1 aliphatic heterocycles. The van der Waals surface area contributed by atoms with Gasteiger partial charge in [-0.25, -0.2) is 16.8 Å². The fraction of sp³-hybridized carbons (Fsp3) is 0.333. The van der Waals surface area contributed by atoms with Crippen molar-refractivity contribution >= 4 is 36.9 Å². The molecule has 200 valence electrons. The van der Waals surface area contributed by atoms with Crippen LogP contribution in [0.5, 0.6) is 0 Å². The van der Waals surface area contributed by atoms with Crippen LogP contribution in [0.2, 0.25) is 0 Å². The van der Waals surface area contributed by atoms with E-state index in [1.165, 1.54) is 34.6 Å². The van der Waals surface area contributed by atoms with Crippen molar-refractivity contribution in [1.29, 1.82) is 0 Å². The maximum Gasteiger partial charge on any atom is 0.421 e. The lowest BCUT2D eigenvalue weighted by atomic mass is 9.95. The maximum absolute atomic E-state index is 13.3. The van der Waals surface area contributed by atoms with Crippen LogP contribution in [0.3, 0.4) is 0 Å². The van der Waals surface area contributed by atoms with Crippen LogP contribution >= 0.6 is 11.3 Å². The molecule has 0 amide bonds. The van der Waals surface area contributed by atoms with Crippen molar-refractivity contribution in [2.24, 2.45) is 0 Å². The predicted molar refractivity (Wildman–Crippen MR) is 135 cm³/mol. The van der Waals surface area contributed by atoms with Crippen LogP contribution in [0.25, 0.3) is 0 Å². The Kier molecular flexibility index (Phi) is 7.47. The third kappa shape index (κ3) is 5.55. The van der Waals surface area contributed by atoms with E-state index in [2.05, 4.69) is 0 Å². The topological polar surface area (TPSA) is 95.0 Å². The average molecular weight is 575 g/mol. The first-order chi connectivity index (χ1) is 17.2. The van der Waals surface area contributed by atoms with Gasteiger partial charge in [0, 0.05) is 25.3 Å². The second-order valence-corrected chi connectivity index (χ2v) is 14.0. The molecular formula is C24H25F3N2O5S3. The number of sulfone groups is 1. The molecule has 2 heterocycles. The van der Waals surface area contributed by atoms with Gasteiger partial charge in [0.15, 0.2) is 15.4 Å². The summed E-state index contributed by atoms with van der Waals surface area (Å²) in [6, 6.07) is 15.1.